The van der Waals surface area contributed by atoms with Crippen molar-refractivity contribution in [2.45, 2.75) is 19.1 Å². The van der Waals surface area contributed by atoms with E-state index in [0.29, 0.717) is 20.4 Å². The van der Waals surface area contributed by atoms with Crippen LogP contribution < -0.4 is 5.32 Å². The minimum atomic E-state index is -3.20. The Morgan fingerprint density at radius 2 is 2.07 bits per heavy atom. The molecule has 10 heteroatoms. The second kappa shape index (κ2) is 8.29. The summed E-state index contributed by atoms with van der Waals surface area (Å²) >= 11 is 2.58. The molecule has 1 aliphatic rings. The minimum Gasteiger partial charge on any atom is -0.462 e. The van der Waals surface area contributed by atoms with Crippen LogP contribution >= 0.6 is 22.7 Å². The summed E-state index contributed by atoms with van der Waals surface area (Å²) in [5.41, 5.74) is 1.77. The van der Waals surface area contributed by atoms with Crippen molar-refractivity contribution in [1.29, 1.82) is 0 Å². The number of sulfone groups is 1. The lowest BCUT2D eigenvalue weighted by molar-refractivity contribution is -0.111. The Kier molecular flexibility index (Phi) is 5.72. The number of fused-ring (bicyclic) bond motifs is 2. The highest BCUT2D eigenvalue weighted by Gasteiger charge is 2.31. The second-order valence-corrected chi connectivity index (χ2v) is 11.0. The Labute approximate surface area is 181 Å². The number of hydrogen-bond donors (Lipinski definition) is 1. The van der Waals surface area contributed by atoms with Gasteiger partial charge in [0.1, 0.15) is 10.0 Å². The number of carbonyl (C=O) groups is 2. The molecule has 0 aliphatic carbocycles. The fourth-order valence-electron chi connectivity index (χ4n) is 3.19. The zero-order valence-electron chi connectivity index (χ0n) is 16.0. The van der Waals surface area contributed by atoms with Crippen molar-refractivity contribution in [3.05, 3.63) is 51.4 Å². The maximum absolute atomic E-state index is 12.5. The monoisotopic (exact) mass is 462 g/mol. The lowest BCUT2D eigenvalue weighted by Crippen LogP contribution is -2.20. The van der Waals surface area contributed by atoms with E-state index in [1.807, 2.05) is 24.3 Å². The molecule has 4 rings (SSSR count). The molecule has 3 aromatic rings. The lowest BCUT2D eigenvalue weighted by atomic mass is 10.1. The van der Waals surface area contributed by atoms with Crippen LogP contribution in [-0.4, -0.2) is 37.6 Å². The van der Waals surface area contributed by atoms with Crippen LogP contribution in [0, 0.1) is 0 Å². The average Bonchev–Trinajstić information content (AvgIpc) is 3.25. The third-order valence-corrected chi connectivity index (χ3v) is 8.40. The van der Waals surface area contributed by atoms with Gasteiger partial charge in [-0.15, -0.1) is 22.7 Å². The van der Waals surface area contributed by atoms with Crippen molar-refractivity contribution in [3.8, 4) is 0 Å². The number of nitrogens with one attached hydrogen (secondary N) is 1. The van der Waals surface area contributed by atoms with Gasteiger partial charge in [-0.3, -0.25) is 4.79 Å². The molecule has 2 aromatic heterocycles. The summed E-state index contributed by atoms with van der Waals surface area (Å²) in [5, 5.41) is 3.72. The molecule has 0 fully saturated rings. The van der Waals surface area contributed by atoms with E-state index in [-0.39, 0.29) is 30.1 Å². The van der Waals surface area contributed by atoms with Gasteiger partial charge >= 0.3 is 5.97 Å². The van der Waals surface area contributed by atoms with Crippen molar-refractivity contribution >= 4 is 65.7 Å². The van der Waals surface area contributed by atoms with E-state index in [1.165, 1.54) is 17.4 Å². The van der Waals surface area contributed by atoms with Crippen LogP contribution in [0.25, 0.3) is 16.3 Å². The van der Waals surface area contributed by atoms with Crippen LogP contribution in [0.1, 0.15) is 32.7 Å². The van der Waals surface area contributed by atoms with Gasteiger partial charge in [0.05, 0.1) is 33.9 Å². The number of carbonyl (C=O) groups excluding carboxylic acids is 2. The molecule has 0 radical (unpaired) electrons. The number of rotatable bonds is 5. The molecule has 0 unspecified atom stereocenters. The number of amides is 1. The predicted molar refractivity (Wildman–Crippen MR) is 119 cm³/mol. The first-order chi connectivity index (χ1) is 14.4. The van der Waals surface area contributed by atoms with Crippen molar-refractivity contribution < 1.29 is 22.7 Å². The molecule has 1 aromatic carbocycles. The molecule has 0 bridgehead atoms. The fourth-order valence-corrected chi connectivity index (χ4v) is 7.10. The molecule has 0 atom stereocenters. The van der Waals surface area contributed by atoms with Gasteiger partial charge in [-0.1, -0.05) is 12.1 Å². The van der Waals surface area contributed by atoms with Gasteiger partial charge in [-0.2, -0.15) is 0 Å². The smallest absolute Gasteiger partial charge is 0.341 e. The molecule has 0 saturated heterocycles. The van der Waals surface area contributed by atoms with Gasteiger partial charge in [-0.25, -0.2) is 18.2 Å². The van der Waals surface area contributed by atoms with Gasteiger partial charge in [-0.05, 0) is 37.1 Å². The lowest BCUT2D eigenvalue weighted by Gasteiger charge is -2.13. The molecule has 30 heavy (non-hydrogen) atoms. The van der Waals surface area contributed by atoms with E-state index in [0.717, 1.165) is 21.6 Å². The van der Waals surface area contributed by atoms with E-state index in [9.17, 15) is 18.0 Å². The largest absolute Gasteiger partial charge is 0.462 e. The van der Waals surface area contributed by atoms with E-state index in [2.05, 4.69) is 10.3 Å². The van der Waals surface area contributed by atoms with Gasteiger partial charge in [0, 0.05) is 11.0 Å². The number of ether oxygens (including phenoxy) is 1. The van der Waals surface area contributed by atoms with Crippen molar-refractivity contribution in [2.24, 2.45) is 0 Å². The summed E-state index contributed by atoms with van der Waals surface area (Å²) in [6.07, 6.45) is 3.20. The summed E-state index contributed by atoms with van der Waals surface area (Å²) in [5.74, 6) is -1.13. The second-order valence-electron chi connectivity index (χ2n) is 6.61. The number of aromatic nitrogens is 1. The highest BCUT2D eigenvalue weighted by Crippen LogP contribution is 2.38. The topological polar surface area (TPSA) is 102 Å². The Morgan fingerprint density at radius 3 is 2.83 bits per heavy atom. The fraction of sp³-hybridized carbons (Fsp3) is 0.250. The predicted octanol–water partition coefficient (Wildman–Crippen LogP) is 3.66. The number of benzene rings is 1. The first-order valence-electron chi connectivity index (χ1n) is 9.23. The molecule has 1 amide bonds. The summed E-state index contributed by atoms with van der Waals surface area (Å²) in [6.45, 7) is 1.88. The number of nitrogens with zero attached hydrogens (tertiary/aromatic N) is 1. The number of thiophene rings is 1. The van der Waals surface area contributed by atoms with Crippen LogP contribution in [0.15, 0.2) is 30.3 Å². The molecule has 7 nitrogen and oxygen atoms in total. The van der Waals surface area contributed by atoms with Gasteiger partial charge in [0.25, 0.3) is 0 Å². The number of para-hydroxylation sites is 1. The standard InChI is InChI=1S/C20H18N2O5S3/c1-2-27-20(24)18-12-9-10-30(25,26)11-15(12)29-19(18)22-16(23)7-8-17-21-13-5-3-4-6-14(13)28-17/h3-8H,2,9-11H2,1H3,(H,22,23)/b8-7+. The molecular weight excluding hydrogens is 444 g/mol. The molecule has 0 saturated carbocycles. The van der Waals surface area contributed by atoms with Crippen LogP contribution in [0.2, 0.25) is 0 Å². The zero-order chi connectivity index (χ0) is 21.3. The Bertz CT molecular complexity index is 1240. The van der Waals surface area contributed by atoms with Crippen molar-refractivity contribution in [2.75, 3.05) is 17.7 Å². The number of anilines is 1. The maximum Gasteiger partial charge on any atom is 0.341 e. The third kappa shape index (κ3) is 4.30. The van der Waals surface area contributed by atoms with Crippen LogP contribution in [0.3, 0.4) is 0 Å². The summed E-state index contributed by atoms with van der Waals surface area (Å²) in [7, 11) is -3.20. The highest BCUT2D eigenvalue weighted by atomic mass is 32.2. The third-order valence-electron chi connectivity index (χ3n) is 4.51. The van der Waals surface area contributed by atoms with E-state index in [4.69, 9.17) is 4.74 Å². The van der Waals surface area contributed by atoms with Crippen molar-refractivity contribution in [1.82, 2.24) is 4.98 Å². The van der Waals surface area contributed by atoms with Crippen LogP contribution in [0.5, 0.6) is 0 Å². The van der Waals surface area contributed by atoms with Gasteiger partial charge in [0.2, 0.25) is 5.91 Å². The Balaban J connectivity index is 1.59. The minimum absolute atomic E-state index is 0.0198. The molecule has 156 valence electrons. The summed E-state index contributed by atoms with van der Waals surface area (Å²) < 4.78 is 30.1. The van der Waals surface area contributed by atoms with Gasteiger partial charge < -0.3 is 10.1 Å². The molecule has 0 spiro atoms. The SMILES string of the molecule is CCOC(=O)c1c(NC(=O)/C=C/c2nc3ccccc3s2)sc2c1CCS(=O)(=O)C2. The van der Waals surface area contributed by atoms with E-state index >= 15 is 0 Å². The van der Waals surface area contributed by atoms with Gasteiger partial charge in [0.15, 0.2) is 9.84 Å². The Hall–Kier alpha value is -2.56. The maximum atomic E-state index is 12.5. The molecule has 1 N–H and O–H groups in total. The first-order valence-corrected chi connectivity index (χ1v) is 12.7. The van der Waals surface area contributed by atoms with E-state index < -0.39 is 21.7 Å². The number of thiazole rings is 1. The Morgan fingerprint density at radius 1 is 1.27 bits per heavy atom. The summed E-state index contributed by atoms with van der Waals surface area (Å²) in [6, 6.07) is 7.69. The summed E-state index contributed by atoms with van der Waals surface area (Å²) in [4.78, 5) is 30.0. The average molecular weight is 463 g/mol. The number of hydrogen-bond acceptors (Lipinski definition) is 8. The van der Waals surface area contributed by atoms with Crippen molar-refractivity contribution in [3.63, 3.8) is 0 Å². The van der Waals surface area contributed by atoms with E-state index in [1.54, 1.807) is 13.0 Å². The van der Waals surface area contributed by atoms with Crippen LogP contribution in [0.4, 0.5) is 5.00 Å². The first kappa shape index (κ1) is 20.7. The molecular formula is C20H18N2O5S3. The zero-order valence-corrected chi connectivity index (χ0v) is 18.5. The molecule has 3 heterocycles. The quantitative estimate of drug-likeness (QED) is 0.459. The number of esters is 1. The normalized spacial score (nSPS) is 15.2. The van der Waals surface area contributed by atoms with Crippen LogP contribution in [-0.2, 0) is 31.5 Å². The highest BCUT2D eigenvalue weighted by molar-refractivity contribution is 7.90. The molecule has 1 aliphatic heterocycles.